The van der Waals surface area contributed by atoms with E-state index in [1.807, 2.05) is 13.8 Å². The molecule has 0 saturated heterocycles. The van der Waals surface area contributed by atoms with E-state index in [-0.39, 0.29) is 0 Å². The normalized spacial score (nSPS) is 19.2. The van der Waals surface area contributed by atoms with Crippen LogP contribution >= 0.6 is 0 Å². The van der Waals surface area contributed by atoms with E-state index in [0.717, 1.165) is 25.2 Å². The molecular formula is C8H15N3. The van der Waals surface area contributed by atoms with E-state index in [0.29, 0.717) is 11.8 Å². The van der Waals surface area contributed by atoms with Crippen molar-refractivity contribution in [1.82, 2.24) is 0 Å². The third-order valence-electron chi connectivity index (χ3n) is 1.70. The smallest absolute Gasteiger partial charge is 0.125 e. The summed E-state index contributed by atoms with van der Waals surface area (Å²) < 4.78 is 0. The minimum Gasteiger partial charge on any atom is -0.387 e. The first-order chi connectivity index (χ1) is 5.20. The van der Waals surface area contributed by atoms with Gasteiger partial charge < -0.3 is 5.73 Å². The van der Waals surface area contributed by atoms with Crippen LogP contribution < -0.4 is 5.73 Å². The first-order valence-electron chi connectivity index (χ1n) is 4.07. The first kappa shape index (κ1) is 8.24. The molecule has 0 aromatic heterocycles. The molecule has 0 aromatic carbocycles. The maximum Gasteiger partial charge on any atom is 0.125 e. The van der Waals surface area contributed by atoms with E-state index in [1.54, 1.807) is 0 Å². The fourth-order valence-electron chi connectivity index (χ4n) is 0.894. The Balaban J connectivity index is 2.56. The van der Waals surface area contributed by atoms with E-state index in [1.165, 1.54) is 0 Å². The number of rotatable bonds is 1. The van der Waals surface area contributed by atoms with Crippen LogP contribution in [0.5, 0.6) is 0 Å². The maximum atomic E-state index is 5.67. The molecule has 11 heavy (non-hydrogen) atoms. The van der Waals surface area contributed by atoms with Gasteiger partial charge >= 0.3 is 0 Å². The van der Waals surface area contributed by atoms with Gasteiger partial charge in [-0.15, -0.1) is 0 Å². The highest BCUT2D eigenvalue weighted by Gasteiger charge is 2.06. The summed E-state index contributed by atoms with van der Waals surface area (Å²) in [6.45, 7) is 4.99. The quantitative estimate of drug-likeness (QED) is 0.446. The monoisotopic (exact) mass is 153 g/mol. The zero-order valence-electron chi connectivity index (χ0n) is 7.17. The lowest BCUT2D eigenvalue weighted by Crippen LogP contribution is -2.20. The number of nitrogens with zero attached hydrogens (tertiary/aromatic N) is 2. The molecule has 0 radical (unpaired) electrons. The fraction of sp³-hybridized carbons (Fsp3) is 0.750. The SMILES string of the molecule is CC(C)C(N)=NC1=NCCC1. The number of hydrogen-bond donors (Lipinski definition) is 1. The molecule has 0 aliphatic carbocycles. The molecule has 1 rings (SSSR count). The van der Waals surface area contributed by atoms with Crippen LogP contribution in [0.4, 0.5) is 0 Å². The maximum absolute atomic E-state index is 5.67. The van der Waals surface area contributed by atoms with Crippen molar-refractivity contribution in [3.63, 3.8) is 0 Å². The molecule has 1 heterocycles. The molecule has 62 valence electrons. The van der Waals surface area contributed by atoms with Gasteiger partial charge in [0, 0.05) is 18.9 Å². The van der Waals surface area contributed by atoms with Gasteiger partial charge in [-0.2, -0.15) is 0 Å². The van der Waals surface area contributed by atoms with Gasteiger partial charge in [0.1, 0.15) is 11.7 Å². The third-order valence-corrected chi connectivity index (χ3v) is 1.70. The number of amidine groups is 2. The van der Waals surface area contributed by atoms with Crippen LogP contribution in [0, 0.1) is 5.92 Å². The summed E-state index contributed by atoms with van der Waals surface area (Å²) >= 11 is 0. The Kier molecular flexibility index (Phi) is 2.63. The van der Waals surface area contributed by atoms with Crippen LogP contribution in [0.2, 0.25) is 0 Å². The molecule has 0 unspecified atom stereocenters. The van der Waals surface area contributed by atoms with Crippen LogP contribution in [-0.2, 0) is 0 Å². The number of nitrogens with two attached hydrogens (primary N) is 1. The van der Waals surface area contributed by atoms with Crippen molar-refractivity contribution in [1.29, 1.82) is 0 Å². The third kappa shape index (κ3) is 2.33. The van der Waals surface area contributed by atoms with E-state index in [9.17, 15) is 0 Å². The van der Waals surface area contributed by atoms with Crippen molar-refractivity contribution < 1.29 is 0 Å². The van der Waals surface area contributed by atoms with Gasteiger partial charge in [0.15, 0.2) is 0 Å². The second-order valence-electron chi connectivity index (χ2n) is 3.09. The van der Waals surface area contributed by atoms with Crippen LogP contribution in [0.3, 0.4) is 0 Å². The lowest BCUT2D eigenvalue weighted by atomic mass is 10.2. The number of hydrogen-bond acceptors (Lipinski definition) is 2. The molecule has 0 fully saturated rings. The minimum absolute atomic E-state index is 0.332. The van der Waals surface area contributed by atoms with E-state index < -0.39 is 0 Å². The summed E-state index contributed by atoms with van der Waals surface area (Å²) in [6, 6.07) is 0. The first-order valence-corrected chi connectivity index (χ1v) is 4.07. The molecule has 2 N–H and O–H groups in total. The van der Waals surface area contributed by atoms with Gasteiger partial charge in [0.05, 0.1) is 0 Å². The highest BCUT2D eigenvalue weighted by atomic mass is 15.0. The molecular weight excluding hydrogens is 138 g/mol. The van der Waals surface area contributed by atoms with Crippen molar-refractivity contribution in [2.75, 3.05) is 6.54 Å². The van der Waals surface area contributed by atoms with Gasteiger partial charge in [-0.3, -0.25) is 4.99 Å². The summed E-state index contributed by atoms with van der Waals surface area (Å²) in [7, 11) is 0. The summed E-state index contributed by atoms with van der Waals surface area (Å²) in [5.74, 6) is 1.96. The lowest BCUT2D eigenvalue weighted by molar-refractivity contribution is 0.873. The molecule has 3 heteroatoms. The average Bonchev–Trinajstić information content (AvgIpc) is 2.39. The molecule has 0 amide bonds. The van der Waals surface area contributed by atoms with Crippen LogP contribution in [-0.4, -0.2) is 18.2 Å². The second-order valence-corrected chi connectivity index (χ2v) is 3.09. The summed E-state index contributed by atoms with van der Waals surface area (Å²) in [4.78, 5) is 8.43. The highest BCUT2D eigenvalue weighted by Crippen LogP contribution is 2.05. The Bertz CT molecular complexity index is 192. The van der Waals surface area contributed by atoms with Crippen LogP contribution in [0.1, 0.15) is 26.7 Å². The van der Waals surface area contributed by atoms with Gasteiger partial charge in [-0.1, -0.05) is 13.8 Å². The van der Waals surface area contributed by atoms with Gasteiger partial charge in [-0.05, 0) is 6.42 Å². The predicted molar refractivity (Wildman–Crippen MR) is 48.0 cm³/mol. The average molecular weight is 153 g/mol. The van der Waals surface area contributed by atoms with Crippen molar-refractivity contribution in [3.8, 4) is 0 Å². The van der Waals surface area contributed by atoms with Crippen molar-refractivity contribution >= 4 is 11.7 Å². The van der Waals surface area contributed by atoms with Crippen molar-refractivity contribution in [2.45, 2.75) is 26.7 Å². The second kappa shape index (κ2) is 3.51. The Morgan fingerprint density at radius 3 is 2.82 bits per heavy atom. The molecule has 0 aromatic rings. The molecule has 0 bridgehead atoms. The zero-order valence-corrected chi connectivity index (χ0v) is 7.17. The van der Waals surface area contributed by atoms with E-state index in [2.05, 4.69) is 9.98 Å². The van der Waals surface area contributed by atoms with E-state index in [4.69, 9.17) is 5.73 Å². The van der Waals surface area contributed by atoms with Crippen LogP contribution in [0.15, 0.2) is 9.98 Å². The Morgan fingerprint density at radius 2 is 2.36 bits per heavy atom. The Morgan fingerprint density at radius 1 is 1.64 bits per heavy atom. The number of aliphatic imine (C=N–C) groups is 2. The molecule has 1 aliphatic rings. The minimum atomic E-state index is 0.332. The van der Waals surface area contributed by atoms with Crippen molar-refractivity contribution in [2.24, 2.45) is 21.6 Å². The zero-order chi connectivity index (χ0) is 8.27. The highest BCUT2D eigenvalue weighted by molar-refractivity contribution is 5.97. The van der Waals surface area contributed by atoms with Gasteiger partial charge in [0.2, 0.25) is 0 Å². The van der Waals surface area contributed by atoms with Gasteiger partial charge in [0.25, 0.3) is 0 Å². The summed E-state index contributed by atoms with van der Waals surface area (Å²) in [6.07, 6.45) is 2.12. The Labute approximate surface area is 67.4 Å². The largest absolute Gasteiger partial charge is 0.387 e. The molecule has 1 aliphatic heterocycles. The van der Waals surface area contributed by atoms with Gasteiger partial charge in [-0.25, -0.2) is 4.99 Å². The molecule has 0 saturated carbocycles. The Hall–Kier alpha value is -0.860. The van der Waals surface area contributed by atoms with E-state index >= 15 is 0 Å². The molecule has 0 atom stereocenters. The summed E-state index contributed by atoms with van der Waals surface area (Å²) in [5, 5.41) is 0. The van der Waals surface area contributed by atoms with Crippen LogP contribution in [0.25, 0.3) is 0 Å². The molecule has 3 nitrogen and oxygen atoms in total. The predicted octanol–water partition coefficient (Wildman–Crippen LogP) is 1.19. The molecule has 0 spiro atoms. The lowest BCUT2D eigenvalue weighted by Gasteiger charge is -2.02. The summed E-state index contributed by atoms with van der Waals surface area (Å²) in [5.41, 5.74) is 5.67. The van der Waals surface area contributed by atoms with Crippen molar-refractivity contribution in [3.05, 3.63) is 0 Å². The standard InChI is InChI=1S/C8H15N3/c1-6(2)8(9)11-7-4-3-5-10-7/h6H,3-5H2,1-2H3,(H2,9,10,11). The fourth-order valence-corrected chi connectivity index (χ4v) is 0.894. The topological polar surface area (TPSA) is 50.7 Å².